The molecule has 0 spiro atoms. The van der Waals surface area contributed by atoms with E-state index in [0.717, 1.165) is 57.3 Å². The minimum absolute atomic E-state index is 0.104. The number of alkyl halides is 3. The Balaban J connectivity index is 0. The summed E-state index contributed by atoms with van der Waals surface area (Å²) in [5, 5.41) is 10.8. The molecule has 45 heavy (non-hydrogen) atoms. The van der Waals surface area contributed by atoms with Gasteiger partial charge >= 0.3 is 6.18 Å². The number of nitrogens with two attached hydrogens (primary N) is 1. The van der Waals surface area contributed by atoms with E-state index in [1.807, 2.05) is 24.7 Å². The van der Waals surface area contributed by atoms with Crippen LogP contribution in [-0.4, -0.2) is 48.5 Å². The lowest BCUT2D eigenvalue weighted by atomic mass is 9.84. The number of hydrogen-bond donors (Lipinski definition) is 2. The number of rotatable bonds is 2. The van der Waals surface area contributed by atoms with Crippen molar-refractivity contribution in [2.45, 2.75) is 94.2 Å². The molecule has 2 atom stereocenters. The molecule has 8 nitrogen and oxygen atoms in total. The monoisotopic (exact) mass is 636 g/mol. The summed E-state index contributed by atoms with van der Waals surface area (Å²) in [4.78, 5) is 43.3. The molecule has 252 valence electrons. The maximum Gasteiger partial charge on any atom is 0.416 e. The molecule has 2 aliphatic rings. The van der Waals surface area contributed by atoms with E-state index in [0.29, 0.717) is 23.8 Å². The molecule has 1 aromatic rings. The molecule has 0 aliphatic carbocycles. The molecule has 0 aromatic heterocycles. The van der Waals surface area contributed by atoms with Gasteiger partial charge in [0.05, 0.1) is 11.6 Å². The van der Waals surface area contributed by atoms with Crippen molar-refractivity contribution in [3.63, 3.8) is 0 Å². The van der Waals surface area contributed by atoms with E-state index < -0.39 is 17.6 Å². The molecular formula is C34H51F3N4O4. The highest BCUT2D eigenvalue weighted by molar-refractivity contribution is 5.92. The van der Waals surface area contributed by atoms with Crippen molar-refractivity contribution in [1.29, 1.82) is 5.26 Å². The average molecular weight is 637 g/mol. The molecule has 0 bridgehead atoms. The van der Waals surface area contributed by atoms with Gasteiger partial charge in [-0.15, -0.1) is 0 Å². The first kappa shape index (κ1) is 43.3. The standard InChI is InChI=1S/C13H25NO.C10H6F3NO.C5H9N.C4H7NO.C2H4O/c1-10-8-14(9-13(10,5)6)11(15)7-12(2,3)4;11-10(12,13)8-4-1-7(2-5-8)3-6-9(14)15;1-3-5(2)4-6;6-4-2-1-3-5-4;1-2-3/h10H,7-9H2,1-6H3;1-2,4-5H,(H2,14,15);5H,3H2,1-2H3;1-3H2,(H,5,6);2H,1H3. The first-order valence-corrected chi connectivity index (χ1v) is 15.0. The number of hydrogen-bond acceptors (Lipinski definition) is 5. The average Bonchev–Trinajstić information content (AvgIpc) is 3.52. The normalized spacial score (nSPS) is 16.8. The zero-order valence-electron chi connectivity index (χ0n) is 28.2. The predicted octanol–water partition coefficient (Wildman–Crippen LogP) is 6.13. The van der Waals surface area contributed by atoms with Crippen LogP contribution in [0.1, 0.15) is 99.1 Å². The molecule has 2 heterocycles. The van der Waals surface area contributed by atoms with Gasteiger partial charge < -0.3 is 20.7 Å². The van der Waals surface area contributed by atoms with Gasteiger partial charge in [0.25, 0.3) is 5.91 Å². The third-order valence-electron chi connectivity index (χ3n) is 6.74. The van der Waals surface area contributed by atoms with Gasteiger partial charge in [-0.25, -0.2) is 0 Å². The predicted molar refractivity (Wildman–Crippen MR) is 170 cm³/mol. The van der Waals surface area contributed by atoms with Crippen molar-refractivity contribution in [3.05, 3.63) is 35.4 Å². The Morgan fingerprint density at radius 2 is 1.73 bits per heavy atom. The van der Waals surface area contributed by atoms with Crippen molar-refractivity contribution in [2.75, 3.05) is 19.6 Å². The second-order valence-electron chi connectivity index (χ2n) is 12.7. The molecule has 0 saturated carbocycles. The van der Waals surface area contributed by atoms with E-state index in [2.05, 4.69) is 58.8 Å². The van der Waals surface area contributed by atoms with Crippen LogP contribution in [0.15, 0.2) is 24.3 Å². The third-order valence-corrected chi connectivity index (χ3v) is 6.74. The number of nitrogens with zero attached hydrogens (tertiary/aromatic N) is 2. The zero-order valence-corrected chi connectivity index (χ0v) is 28.2. The van der Waals surface area contributed by atoms with Gasteiger partial charge in [0, 0.05) is 44.0 Å². The van der Waals surface area contributed by atoms with Crippen LogP contribution >= 0.6 is 0 Å². The SMILES string of the molecule is CC1CN(C(=O)CC(C)(C)C)CC1(C)C.CC=O.CCC(C)C#N.NC(=O)C#Cc1ccc(C(F)(F)F)cc1.O=C1CCCN1. The Morgan fingerprint density at radius 3 is 2.00 bits per heavy atom. The molecule has 3 rings (SSSR count). The van der Waals surface area contributed by atoms with Crippen molar-refractivity contribution >= 4 is 24.0 Å². The number of aldehydes is 1. The summed E-state index contributed by atoms with van der Waals surface area (Å²) in [5.74, 6) is 4.91. The van der Waals surface area contributed by atoms with Gasteiger partial charge in [0.15, 0.2) is 0 Å². The highest BCUT2D eigenvalue weighted by atomic mass is 19.4. The topological polar surface area (TPSA) is 133 Å². The molecular weight excluding hydrogens is 585 g/mol. The summed E-state index contributed by atoms with van der Waals surface area (Å²) in [5.41, 5.74) is 4.69. The lowest BCUT2D eigenvalue weighted by Crippen LogP contribution is -2.32. The molecule has 2 unspecified atom stereocenters. The van der Waals surface area contributed by atoms with Crippen LogP contribution in [0.3, 0.4) is 0 Å². The van der Waals surface area contributed by atoms with Crippen LogP contribution in [0.4, 0.5) is 13.2 Å². The molecule has 3 N–H and O–H groups in total. The lowest BCUT2D eigenvalue weighted by molar-refractivity contribution is -0.137. The van der Waals surface area contributed by atoms with Crippen LogP contribution in [0, 0.1) is 45.8 Å². The van der Waals surface area contributed by atoms with Crippen LogP contribution in [-0.2, 0) is 25.4 Å². The van der Waals surface area contributed by atoms with Gasteiger partial charge in [0.2, 0.25) is 11.8 Å². The quantitative estimate of drug-likeness (QED) is 0.298. The molecule has 2 aliphatic heterocycles. The van der Waals surface area contributed by atoms with E-state index in [-0.39, 0.29) is 22.7 Å². The highest BCUT2D eigenvalue weighted by Gasteiger charge is 2.38. The Kier molecular flexibility index (Phi) is 20.2. The van der Waals surface area contributed by atoms with Crippen LogP contribution < -0.4 is 11.1 Å². The maximum absolute atomic E-state index is 12.1. The van der Waals surface area contributed by atoms with E-state index in [9.17, 15) is 27.6 Å². The Morgan fingerprint density at radius 1 is 1.20 bits per heavy atom. The highest BCUT2D eigenvalue weighted by Crippen LogP contribution is 2.35. The molecule has 2 saturated heterocycles. The summed E-state index contributed by atoms with van der Waals surface area (Å²) < 4.78 is 36.4. The van der Waals surface area contributed by atoms with Crippen LogP contribution in [0.2, 0.25) is 0 Å². The van der Waals surface area contributed by atoms with E-state index in [1.165, 1.54) is 19.1 Å². The Bertz CT molecular complexity index is 1160. The molecule has 2 fully saturated rings. The number of benzene rings is 1. The Labute approximate surface area is 267 Å². The van der Waals surface area contributed by atoms with Gasteiger partial charge in [-0.2, -0.15) is 18.4 Å². The lowest BCUT2D eigenvalue weighted by Gasteiger charge is -2.24. The van der Waals surface area contributed by atoms with Crippen molar-refractivity contribution in [2.24, 2.45) is 28.4 Å². The minimum atomic E-state index is -4.37. The molecule has 1 aromatic carbocycles. The summed E-state index contributed by atoms with van der Waals surface area (Å²) in [6, 6.07) is 6.26. The van der Waals surface area contributed by atoms with E-state index >= 15 is 0 Å². The Hall–Kier alpha value is -3.86. The number of primary amides is 1. The van der Waals surface area contributed by atoms with E-state index in [4.69, 9.17) is 15.8 Å². The fourth-order valence-electron chi connectivity index (χ4n) is 3.58. The fraction of sp³-hybridized carbons (Fsp3) is 0.618. The summed E-state index contributed by atoms with van der Waals surface area (Å²) >= 11 is 0. The first-order valence-electron chi connectivity index (χ1n) is 15.0. The number of nitriles is 1. The van der Waals surface area contributed by atoms with Gasteiger partial charge in [-0.05, 0) is 73.6 Å². The molecule has 3 amide bonds. The van der Waals surface area contributed by atoms with E-state index in [1.54, 1.807) is 0 Å². The number of likely N-dealkylation sites (tertiary alicyclic amines) is 1. The van der Waals surface area contributed by atoms with Gasteiger partial charge in [0.1, 0.15) is 6.29 Å². The summed E-state index contributed by atoms with van der Waals surface area (Å²) in [6.45, 7) is 21.2. The second-order valence-corrected chi connectivity index (χ2v) is 12.7. The summed E-state index contributed by atoms with van der Waals surface area (Å²) in [6.07, 6.45) is -0.221. The van der Waals surface area contributed by atoms with Crippen LogP contribution in [0.5, 0.6) is 0 Å². The maximum atomic E-state index is 12.1. The molecule has 11 heteroatoms. The largest absolute Gasteiger partial charge is 0.416 e. The number of carbonyl (C=O) groups is 4. The zero-order chi connectivity index (χ0) is 35.4. The van der Waals surface area contributed by atoms with Gasteiger partial charge in [-0.1, -0.05) is 54.4 Å². The first-order chi connectivity index (χ1) is 20.6. The minimum Gasteiger partial charge on any atom is -0.359 e. The van der Waals surface area contributed by atoms with Gasteiger partial charge in [-0.3, -0.25) is 14.4 Å². The number of nitrogens with one attached hydrogen (secondary N) is 1. The van der Waals surface area contributed by atoms with Crippen molar-refractivity contribution in [1.82, 2.24) is 10.2 Å². The van der Waals surface area contributed by atoms with Crippen LogP contribution in [0.25, 0.3) is 0 Å². The second kappa shape index (κ2) is 21.0. The third kappa shape index (κ3) is 21.5. The summed E-state index contributed by atoms with van der Waals surface area (Å²) in [7, 11) is 0. The van der Waals surface area contributed by atoms with Crippen molar-refractivity contribution < 1.29 is 32.3 Å². The number of halogens is 3. The fourth-order valence-corrected chi connectivity index (χ4v) is 3.58. The number of amides is 3. The molecule has 0 radical (unpaired) electrons. The smallest absolute Gasteiger partial charge is 0.359 e. The number of carbonyl (C=O) groups excluding carboxylic acids is 4. The van der Waals surface area contributed by atoms with Crippen molar-refractivity contribution in [3.8, 4) is 17.9 Å².